The van der Waals surface area contributed by atoms with Crippen LogP contribution in [0.1, 0.15) is 6.92 Å². The van der Waals surface area contributed by atoms with Crippen molar-refractivity contribution < 1.29 is 69.0 Å². The van der Waals surface area contributed by atoms with Gasteiger partial charge in [-0.15, -0.1) is 0 Å². The van der Waals surface area contributed by atoms with Gasteiger partial charge in [-0.3, -0.25) is 0 Å². The molecule has 0 nitrogen and oxygen atoms in total. The number of hydrogen-bond donors (Lipinski definition) is 0. The summed E-state index contributed by atoms with van der Waals surface area (Å²) in [5.74, 6) is 0. The Bertz CT molecular complexity index is 11.7. The van der Waals surface area contributed by atoms with Crippen molar-refractivity contribution in [3.63, 3.8) is 0 Å². The van der Waals surface area contributed by atoms with E-state index in [9.17, 15) is 0 Å². The quantitative estimate of drug-likeness (QED) is 0.413. The van der Waals surface area contributed by atoms with E-state index in [0.717, 1.165) is 19.4 Å². The average Bonchev–Trinajstić information content (AvgIpc) is 1.50. The van der Waals surface area contributed by atoms with E-state index in [0.29, 0.717) is 0 Å². The number of rotatable bonds is 0. The molecule has 40 valence electrons. The van der Waals surface area contributed by atoms with Gasteiger partial charge in [-0.05, 0) is 0 Å². The summed E-state index contributed by atoms with van der Waals surface area (Å²) in [7, 11) is 0. The van der Waals surface area contributed by atoms with Crippen LogP contribution in [-0.4, -0.2) is 4.90 Å². The van der Waals surface area contributed by atoms with Gasteiger partial charge in [0.15, 0.2) is 0 Å². The Labute approximate surface area is 93.9 Å². The monoisotopic (exact) mass is 530 g/mol. The summed E-state index contributed by atoms with van der Waals surface area (Å²) in [5.41, 5.74) is 0. The van der Waals surface area contributed by atoms with E-state index in [-0.39, 0.29) is 57.1 Å². The molecule has 0 aliphatic rings. The molecule has 7 heavy (non-hydrogen) atoms. The summed E-state index contributed by atoms with van der Waals surface area (Å²) in [4.78, 5) is 4.58. The molecular formula is C4H9UVW. The molecule has 3 heteroatoms. The second-order valence-corrected chi connectivity index (χ2v) is 0. The van der Waals surface area contributed by atoms with E-state index in [1.54, 1.807) is 6.92 Å². The molecule has 0 spiro atoms. The maximum absolute atomic E-state index is 4.58. The van der Waals surface area contributed by atoms with Gasteiger partial charge in [0.2, 0.25) is 0 Å². The summed E-state index contributed by atoms with van der Waals surface area (Å²) >= 11 is 1.08. The Morgan fingerprint density at radius 1 is 1.29 bits per heavy atom. The van der Waals surface area contributed by atoms with Crippen molar-refractivity contribution >= 4 is 4.90 Å². The molecule has 0 rings (SSSR count). The average molecular weight is 530 g/mol. The third-order valence-electron chi connectivity index (χ3n) is 0. The van der Waals surface area contributed by atoms with Crippen LogP contribution in [0.4, 0.5) is 0 Å². The molecule has 0 aromatic carbocycles. The molecule has 0 aliphatic carbocycles. The predicted molar refractivity (Wildman–Crippen MR) is 23.5 cm³/mol. The minimum absolute atomic E-state index is 0. The van der Waals surface area contributed by atoms with Gasteiger partial charge < -0.3 is 14.4 Å². The first-order valence-corrected chi connectivity index (χ1v) is 2.64. The van der Waals surface area contributed by atoms with Crippen LogP contribution in [0.2, 0.25) is 0 Å². The van der Waals surface area contributed by atoms with Crippen LogP contribution in [0.3, 0.4) is 0 Å². The molecule has 0 aliphatic heterocycles. The third kappa shape index (κ3) is 65.3. The summed E-state index contributed by atoms with van der Waals surface area (Å²) < 4.78 is 0. The van der Waals surface area contributed by atoms with Gasteiger partial charge in [0.05, 0.1) is 0 Å². The van der Waals surface area contributed by atoms with Gasteiger partial charge >= 0.3 is 55.4 Å². The fraction of sp³-hybridized carbons (Fsp3) is 0.250. The van der Waals surface area contributed by atoms with Gasteiger partial charge in [-0.1, -0.05) is 0 Å². The molecule has 2 radical (unpaired) electrons. The van der Waals surface area contributed by atoms with Crippen LogP contribution in [0, 0.1) is 45.5 Å². The minimum Gasteiger partial charge on any atom is -0.358 e. The topological polar surface area (TPSA) is 0 Å². The van der Waals surface area contributed by atoms with Crippen molar-refractivity contribution in [2.75, 3.05) is 0 Å². The van der Waals surface area contributed by atoms with E-state index >= 15 is 0 Å². The predicted octanol–water partition coefficient (Wildman–Crippen LogP) is 1.13. The van der Waals surface area contributed by atoms with E-state index < -0.39 is 0 Å². The fourth-order valence-electron chi connectivity index (χ4n) is 0. The summed E-state index contributed by atoms with van der Waals surface area (Å²) in [5, 5.41) is 0. The Morgan fingerprint density at radius 3 is 1.29 bits per heavy atom. The fourth-order valence-corrected chi connectivity index (χ4v) is 0. The summed E-state index contributed by atoms with van der Waals surface area (Å²) in [6.07, 6.45) is 0. The summed E-state index contributed by atoms with van der Waals surface area (Å²) in [6, 6.07) is 0. The standard InChI is InChI=1S/C2H5.CH3.CH.U.V.W/c1-2;;;;;/h1H2,2H3;1H3;1H;;;/q3*-1;+3;;. The molecule has 0 atom stereocenters. The zero-order valence-electron chi connectivity index (χ0n) is 4.64. The molecule has 0 heterocycles. The molecule has 0 aromatic rings. The van der Waals surface area contributed by atoms with Gasteiger partial charge in [-0.2, -0.15) is 6.92 Å². The number of hydrogen-bond acceptors (Lipinski definition) is 0. The van der Waals surface area contributed by atoms with Crippen LogP contribution in [-0.2, 0) is 37.9 Å². The van der Waals surface area contributed by atoms with E-state index in [4.69, 9.17) is 0 Å². The van der Waals surface area contributed by atoms with Gasteiger partial charge in [0.25, 0.3) is 0 Å². The first kappa shape index (κ1) is 35.1. The van der Waals surface area contributed by atoms with E-state index in [2.05, 4.69) is 11.8 Å². The minimum atomic E-state index is 0. The Morgan fingerprint density at radius 2 is 1.29 bits per heavy atom. The smallest absolute Gasteiger partial charge is 0.358 e. The molecule has 0 saturated carbocycles. The maximum atomic E-state index is 4.58. The van der Waals surface area contributed by atoms with Crippen LogP contribution >= 0.6 is 0 Å². The maximum Gasteiger partial charge on any atom is 3.00 e. The van der Waals surface area contributed by atoms with Crippen molar-refractivity contribution in [1.29, 1.82) is 0 Å². The molecule has 0 unspecified atom stereocenters. The van der Waals surface area contributed by atoms with Crippen molar-refractivity contribution in [2.24, 2.45) is 0 Å². The van der Waals surface area contributed by atoms with Gasteiger partial charge in [0, 0.05) is 18.6 Å². The third-order valence-corrected chi connectivity index (χ3v) is 0. The Kier molecular flexibility index (Phi) is 441. The first-order valence-electron chi connectivity index (χ1n) is 0.943. The molecule has 0 fully saturated rings. The Balaban J connectivity index is -0.00000000267. The molecule has 0 aromatic heterocycles. The van der Waals surface area contributed by atoms with Crippen molar-refractivity contribution in [3.8, 4) is 0 Å². The van der Waals surface area contributed by atoms with Gasteiger partial charge in [0.1, 0.15) is 0 Å². The molecule has 0 saturated heterocycles. The molecular weight excluding hydrogens is 521 g/mol. The van der Waals surface area contributed by atoms with Crippen LogP contribution in [0.15, 0.2) is 0 Å². The van der Waals surface area contributed by atoms with E-state index in [1.807, 2.05) is 0 Å². The van der Waals surface area contributed by atoms with E-state index in [1.165, 1.54) is 0 Å². The van der Waals surface area contributed by atoms with Crippen molar-refractivity contribution in [1.82, 2.24) is 0 Å². The van der Waals surface area contributed by atoms with Crippen molar-refractivity contribution in [3.05, 3.63) is 14.4 Å². The largest absolute Gasteiger partial charge is 3.00 e. The molecule has 0 N–H and O–H groups in total. The zero-order chi connectivity index (χ0) is 4.00. The normalized spacial score (nSPS) is 1.43. The zero-order valence-corrected chi connectivity index (χ0v) is 13.1. The van der Waals surface area contributed by atoms with Gasteiger partial charge in [-0.25, -0.2) is 0 Å². The second-order valence-electron chi connectivity index (χ2n) is 0. The van der Waals surface area contributed by atoms with Crippen LogP contribution in [0.25, 0.3) is 0 Å². The van der Waals surface area contributed by atoms with Crippen LogP contribution < -0.4 is 0 Å². The molecule has 0 bridgehead atoms. The molecule has 0 amide bonds. The first-order chi connectivity index (χ1) is 2.00. The van der Waals surface area contributed by atoms with Crippen molar-refractivity contribution in [2.45, 2.75) is 6.92 Å². The Hall–Kier alpha value is 2.19. The SMILES string of the molecule is [CH-]=[W].[CH2-]C.[CH3-].[U+3].[V]. The summed E-state index contributed by atoms with van der Waals surface area (Å²) in [6.45, 7) is 5.00. The van der Waals surface area contributed by atoms with Crippen LogP contribution in [0.5, 0.6) is 0 Å². The second kappa shape index (κ2) is 88.1.